The maximum Gasteiger partial charge on any atom is 0.239 e. The van der Waals surface area contributed by atoms with Crippen LogP contribution in [0.1, 0.15) is 5.56 Å². The first-order valence-electron chi connectivity index (χ1n) is 6.20. The molecule has 5 nitrogen and oxygen atoms in total. The lowest BCUT2D eigenvalue weighted by atomic mass is 10.1. The maximum atomic E-state index is 12.1. The first kappa shape index (κ1) is 12.9. The van der Waals surface area contributed by atoms with Crippen molar-refractivity contribution in [2.24, 2.45) is 5.73 Å². The summed E-state index contributed by atoms with van der Waals surface area (Å²) in [6, 6.07) is 6.29. The Morgan fingerprint density at radius 2 is 1.94 bits per heavy atom. The van der Waals surface area contributed by atoms with Gasteiger partial charge in [0.1, 0.15) is 5.75 Å². The predicted molar refractivity (Wildman–Crippen MR) is 69.2 cm³/mol. The van der Waals surface area contributed by atoms with E-state index < -0.39 is 6.04 Å². The molecule has 18 heavy (non-hydrogen) atoms. The van der Waals surface area contributed by atoms with Crippen molar-refractivity contribution in [3.8, 4) is 5.75 Å². The molecule has 98 valence electrons. The number of amides is 1. The molecule has 0 spiro atoms. The minimum Gasteiger partial charge on any atom is -0.508 e. The summed E-state index contributed by atoms with van der Waals surface area (Å²) in [6.07, 6.45) is 0.503. The third-order valence-corrected chi connectivity index (χ3v) is 3.14. The minimum atomic E-state index is -0.507. The minimum absolute atomic E-state index is 0.00424. The third kappa shape index (κ3) is 3.21. The molecule has 0 saturated carbocycles. The van der Waals surface area contributed by atoms with E-state index in [1.165, 1.54) is 0 Å². The van der Waals surface area contributed by atoms with Gasteiger partial charge < -0.3 is 21.1 Å². The summed E-state index contributed by atoms with van der Waals surface area (Å²) in [5.74, 6) is 0.227. The van der Waals surface area contributed by atoms with Crippen molar-refractivity contribution >= 4 is 5.91 Å². The number of phenols is 1. The quantitative estimate of drug-likeness (QED) is 0.687. The molecule has 0 aliphatic carbocycles. The van der Waals surface area contributed by atoms with E-state index in [2.05, 4.69) is 5.32 Å². The summed E-state index contributed by atoms with van der Waals surface area (Å²) in [5, 5.41) is 12.4. The SMILES string of the molecule is N[C@@H](Cc1ccc(O)cc1)C(=O)N1CCNCC1. The topological polar surface area (TPSA) is 78.6 Å². The van der Waals surface area contributed by atoms with Gasteiger partial charge >= 0.3 is 0 Å². The van der Waals surface area contributed by atoms with Crippen LogP contribution in [-0.2, 0) is 11.2 Å². The van der Waals surface area contributed by atoms with Crippen molar-refractivity contribution in [1.82, 2.24) is 10.2 Å². The highest BCUT2D eigenvalue weighted by Crippen LogP contribution is 2.11. The van der Waals surface area contributed by atoms with E-state index >= 15 is 0 Å². The molecule has 1 saturated heterocycles. The summed E-state index contributed by atoms with van der Waals surface area (Å²) in [7, 11) is 0. The van der Waals surface area contributed by atoms with E-state index in [0.717, 1.165) is 31.7 Å². The highest BCUT2D eigenvalue weighted by Gasteiger charge is 2.22. The van der Waals surface area contributed by atoms with E-state index in [4.69, 9.17) is 5.73 Å². The maximum absolute atomic E-state index is 12.1. The van der Waals surface area contributed by atoms with E-state index in [1.807, 2.05) is 4.90 Å². The lowest BCUT2D eigenvalue weighted by Crippen LogP contribution is -2.52. The van der Waals surface area contributed by atoms with Crippen LogP contribution in [0.2, 0.25) is 0 Å². The molecule has 1 aliphatic rings. The molecule has 4 N–H and O–H groups in total. The van der Waals surface area contributed by atoms with Crippen LogP contribution in [-0.4, -0.2) is 48.1 Å². The van der Waals surface area contributed by atoms with Gasteiger partial charge in [-0.2, -0.15) is 0 Å². The van der Waals surface area contributed by atoms with Crippen LogP contribution in [0.5, 0.6) is 5.75 Å². The fourth-order valence-corrected chi connectivity index (χ4v) is 2.09. The number of nitrogens with one attached hydrogen (secondary N) is 1. The summed E-state index contributed by atoms with van der Waals surface area (Å²) in [6.45, 7) is 3.11. The molecule has 0 bridgehead atoms. The highest BCUT2D eigenvalue weighted by molar-refractivity contribution is 5.82. The van der Waals surface area contributed by atoms with Gasteiger partial charge in [-0.3, -0.25) is 4.79 Å². The lowest BCUT2D eigenvalue weighted by Gasteiger charge is -2.29. The van der Waals surface area contributed by atoms with Crippen LogP contribution in [0.4, 0.5) is 0 Å². The first-order valence-corrected chi connectivity index (χ1v) is 6.20. The molecule has 1 heterocycles. The van der Waals surface area contributed by atoms with Crippen LogP contribution < -0.4 is 11.1 Å². The summed E-state index contributed by atoms with van der Waals surface area (Å²) >= 11 is 0. The van der Waals surface area contributed by atoms with Gasteiger partial charge in [-0.15, -0.1) is 0 Å². The van der Waals surface area contributed by atoms with Gasteiger partial charge in [-0.1, -0.05) is 12.1 Å². The number of benzene rings is 1. The third-order valence-electron chi connectivity index (χ3n) is 3.14. The molecule has 1 amide bonds. The largest absolute Gasteiger partial charge is 0.508 e. The molecule has 5 heteroatoms. The van der Waals surface area contributed by atoms with Gasteiger partial charge in [0.15, 0.2) is 0 Å². The smallest absolute Gasteiger partial charge is 0.239 e. The molecule has 2 rings (SSSR count). The molecule has 0 aromatic heterocycles. The van der Waals surface area contributed by atoms with Gasteiger partial charge in [0.2, 0.25) is 5.91 Å². The lowest BCUT2D eigenvalue weighted by molar-refractivity contribution is -0.133. The molecule has 1 aromatic carbocycles. The zero-order valence-electron chi connectivity index (χ0n) is 10.3. The Balaban J connectivity index is 1.92. The van der Waals surface area contributed by atoms with Crippen LogP contribution in [0.3, 0.4) is 0 Å². The monoisotopic (exact) mass is 249 g/mol. The Hall–Kier alpha value is -1.59. The number of carbonyl (C=O) groups excluding carboxylic acids is 1. The van der Waals surface area contributed by atoms with E-state index in [-0.39, 0.29) is 11.7 Å². The van der Waals surface area contributed by atoms with Gasteiger partial charge in [0.25, 0.3) is 0 Å². The van der Waals surface area contributed by atoms with Gasteiger partial charge in [-0.25, -0.2) is 0 Å². The van der Waals surface area contributed by atoms with Crippen LogP contribution in [0.25, 0.3) is 0 Å². The standard InChI is InChI=1S/C13H19N3O2/c14-12(9-10-1-3-11(17)4-2-10)13(18)16-7-5-15-6-8-16/h1-4,12,15,17H,5-9,14H2/t12-/m0/s1. The Kier molecular flexibility index (Phi) is 4.17. The number of rotatable bonds is 3. The average molecular weight is 249 g/mol. The number of nitrogens with zero attached hydrogens (tertiary/aromatic N) is 1. The normalized spacial score (nSPS) is 17.5. The second-order valence-corrected chi connectivity index (χ2v) is 4.55. The Morgan fingerprint density at radius 3 is 2.56 bits per heavy atom. The number of aromatic hydroxyl groups is 1. The number of hydrogen-bond acceptors (Lipinski definition) is 4. The van der Waals surface area contributed by atoms with Crippen molar-refractivity contribution in [2.45, 2.75) is 12.5 Å². The molecule has 0 radical (unpaired) electrons. The number of piperazine rings is 1. The Morgan fingerprint density at radius 1 is 1.33 bits per heavy atom. The van der Waals surface area contributed by atoms with E-state index in [0.29, 0.717) is 6.42 Å². The molecule has 1 atom stereocenters. The number of nitrogens with two attached hydrogens (primary N) is 1. The molecule has 1 aliphatic heterocycles. The predicted octanol–water partition coefficient (Wildman–Crippen LogP) is -0.306. The van der Waals surface area contributed by atoms with E-state index in [1.54, 1.807) is 24.3 Å². The fraction of sp³-hybridized carbons (Fsp3) is 0.462. The number of hydrogen-bond donors (Lipinski definition) is 3. The van der Waals surface area contributed by atoms with Crippen molar-refractivity contribution in [1.29, 1.82) is 0 Å². The van der Waals surface area contributed by atoms with Crippen LogP contribution >= 0.6 is 0 Å². The first-order chi connectivity index (χ1) is 8.66. The molecular formula is C13H19N3O2. The average Bonchev–Trinajstić information content (AvgIpc) is 2.41. The van der Waals surface area contributed by atoms with Crippen molar-refractivity contribution < 1.29 is 9.90 Å². The fourth-order valence-electron chi connectivity index (χ4n) is 2.09. The zero-order chi connectivity index (χ0) is 13.0. The van der Waals surface area contributed by atoms with Crippen LogP contribution in [0.15, 0.2) is 24.3 Å². The Bertz CT molecular complexity index is 399. The van der Waals surface area contributed by atoms with Crippen LogP contribution in [0, 0.1) is 0 Å². The van der Waals surface area contributed by atoms with Gasteiger partial charge in [0, 0.05) is 26.2 Å². The van der Waals surface area contributed by atoms with Gasteiger partial charge in [-0.05, 0) is 24.1 Å². The Labute approximate surface area is 107 Å². The second kappa shape index (κ2) is 5.84. The number of carbonyl (C=O) groups is 1. The summed E-state index contributed by atoms with van der Waals surface area (Å²) < 4.78 is 0. The number of phenolic OH excluding ortho intramolecular Hbond substituents is 1. The molecule has 1 aromatic rings. The van der Waals surface area contributed by atoms with Crippen molar-refractivity contribution in [2.75, 3.05) is 26.2 Å². The van der Waals surface area contributed by atoms with Crippen molar-refractivity contribution in [3.05, 3.63) is 29.8 Å². The van der Waals surface area contributed by atoms with Gasteiger partial charge in [0.05, 0.1) is 6.04 Å². The van der Waals surface area contributed by atoms with E-state index in [9.17, 15) is 9.90 Å². The zero-order valence-corrected chi connectivity index (χ0v) is 10.3. The molecule has 1 fully saturated rings. The second-order valence-electron chi connectivity index (χ2n) is 4.55. The summed E-state index contributed by atoms with van der Waals surface area (Å²) in [5.41, 5.74) is 6.91. The summed E-state index contributed by atoms with van der Waals surface area (Å²) in [4.78, 5) is 13.9. The molecular weight excluding hydrogens is 230 g/mol. The van der Waals surface area contributed by atoms with Crippen molar-refractivity contribution in [3.63, 3.8) is 0 Å². The highest BCUT2D eigenvalue weighted by atomic mass is 16.3. The molecule has 0 unspecified atom stereocenters.